The van der Waals surface area contributed by atoms with Gasteiger partial charge in [-0.3, -0.25) is 4.79 Å². The molecule has 0 aliphatic rings. The third kappa shape index (κ3) is 4.60. The van der Waals surface area contributed by atoms with E-state index in [4.69, 9.17) is 4.74 Å². The molecular formula is C16H13F3INO2. The van der Waals surface area contributed by atoms with Gasteiger partial charge in [0.2, 0.25) is 0 Å². The minimum atomic E-state index is -4.54. The van der Waals surface area contributed by atoms with Crippen LogP contribution in [0.1, 0.15) is 22.8 Å². The Morgan fingerprint density at radius 3 is 2.61 bits per heavy atom. The first kappa shape index (κ1) is 17.6. The van der Waals surface area contributed by atoms with Crippen LogP contribution in [0, 0.1) is 3.57 Å². The molecule has 2 aromatic carbocycles. The number of hydrogen-bond donors (Lipinski definition) is 1. The van der Waals surface area contributed by atoms with Gasteiger partial charge in [0.05, 0.1) is 17.9 Å². The average molecular weight is 435 g/mol. The van der Waals surface area contributed by atoms with E-state index in [1.807, 2.05) is 0 Å². The summed E-state index contributed by atoms with van der Waals surface area (Å²) in [5, 5.41) is 2.31. The van der Waals surface area contributed by atoms with Crippen LogP contribution in [0.15, 0.2) is 42.5 Å². The number of nitrogens with one attached hydrogen (secondary N) is 1. The van der Waals surface area contributed by atoms with Crippen molar-refractivity contribution in [3.8, 4) is 5.75 Å². The summed E-state index contributed by atoms with van der Waals surface area (Å²) < 4.78 is 44.9. The van der Waals surface area contributed by atoms with Crippen molar-refractivity contribution in [2.24, 2.45) is 0 Å². The normalized spacial score (nSPS) is 11.2. The van der Waals surface area contributed by atoms with Gasteiger partial charge < -0.3 is 10.1 Å². The minimum Gasteiger partial charge on any atom is -0.494 e. The number of alkyl halides is 3. The van der Waals surface area contributed by atoms with E-state index in [1.54, 1.807) is 41.6 Å². The van der Waals surface area contributed by atoms with Gasteiger partial charge in [-0.15, -0.1) is 0 Å². The molecule has 23 heavy (non-hydrogen) atoms. The molecule has 0 unspecified atom stereocenters. The highest BCUT2D eigenvalue weighted by molar-refractivity contribution is 14.1. The molecule has 0 heterocycles. The summed E-state index contributed by atoms with van der Waals surface area (Å²) in [7, 11) is 0. The van der Waals surface area contributed by atoms with Crippen molar-refractivity contribution in [2.45, 2.75) is 13.1 Å². The molecule has 0 atom stereocenters. The first-order chi connectivity index (χ1) is 10.8. The SMILES string of the molecule is CCOc1cccc(C(=O)Nc2ccc(I)cc2C(F)(F)F)c1. The Morgan fingerprint density at radius 2 is 1.96 bits per heavy atom. The van der Waals surface area contributed by atoms with Gasteiger partial charge in [0.1, 0.15) is 5.75 Å². The van der Waals surface area contributed by atoms with Crippen LogP contribution in [-0.2, 0) is 6.18 Å². The molecule has 0 radical (unpaired) electrons. The second-order valence-electron chi connectivity index (χ2n) is 4.60. The third-order valence-electron chi connectivity index (χ3n) is 2.94. The molecule has 7 heteroatoms. The van der Waals surface area contributed by atoms with E-state index in [0.717, 1.165) is 6.07 Å². The smallest absolute Gasteiger partial charge is 0.418 e. The molecule has 122 valence electrons. The lowest BCUT2D eigenvalue weighted by molar-refractivity contribution is -0.137. The van der Waals surface area contributed by atoms with Crippen LogP contribution in [0.5, 0.6) is 5.75 Å². The van der Waals surface area contributed by atoms with Gasteiger partial charge in [0.15, 0.2) is 0 Å². The van der Waals surface area contributed by atoms with Crippen LogP contribution in [0.4, 0.5) is 18.9 Å². The predicted octanol–water partition coefficient (Wildman–Crippen LogP) is 4.96. The van der Waals surface area contributed by atoms with E-state index in [9.17, 15) is 18.0 Å². The number of benzene rings is 2. The Labute approximate surface area is 145 Å². The van der Waals surface area contributed by atoms with Crippen molar-refractivity contribution in [2.75, 3.05) is 11.9 Å². The second kappa shape index (κ2) is 7.20. The number of ether oxygens (including phenoxy) is 1. The Morgan fingerprint density at radius 1 is 1.22 bits per heavy atom. The fourth-order valence-electron chi connectivity index (χ4n) is 1.95. The van der Waals surface area contributed by atoms with E-state index in [1.165, 1.54) is 24.3 Å². The molecule has 0 saturated carbocycles. The maximum absolute atomic E-state index is 13.1. The van der Waals surface area contributed by atoms with Gasteiger partial charge in [-0.2, -0.15) is 13.2 Å². The molecule has 0 aliphatic carbocycles. The number of anilines is 1. The molecule has 2 aromatic rings. The van der Waals surface area contributed by atoms with Crippen LogP contribution >= 0.6 is 22.6 Å². The van der Waals surface area contributed by atoms with Gasteiger partial charge in [0, 0.05) is 9.13 Å². The third-order valence-corrected chi connectivity index (χ3v) is 3.61. The number of carbonyl (C=O) groups excluding carboxylic acids is 1. The van der Waals surface area contributed by atoms with E-state index in [2.05, 4.69) is 5.32 Å². The van der Waals surface area contributed by atoms with Crippen LogP contribution in [0.2, 0.25) is 0 Å². The zero-order chi connectivity index (χ0) is 17.0. The molecule has 2 rings (SSSR count). The Hall–Kier alpha value is -1.77. The molecule has 0 aliphatic heterocycles. The van der Waals surface area contributed by atoms with E-state index >= 15 is 0 Å². The number of hydrogen-bond acceptors (Lipinski definition) is 2. The number of carbonyl (C=O) groups is 1. The molecule has 3 nitrogen and oxygen atoms in total. The Bertz CT molecular complexity index is 717. The largest absolute Gasteiger partial charge is 0.494 e. The van der Waals surface area contributed by atoms with Gasteiger partial charge in [-0.05, 0) is 65.9 Å². The van der Waals surface area contributed by atoms with Crippen molar-refractivity contribution in [1.29, 1.82) is 0 Å². The highest BCUT2D eigenvalue weighted by Gasteiger charge is 2.34. The first-order valence-corrected chi connectivity index (χ1v) is 7.80. The molecule has 0 bridgehead atoms. The van der Waals surface area contributed by atoms with Crippen LogP contribution in [0.3, 0.4) is 0 Å². The number of rotatable bonds is 4. The van der Waals surface area contributed by atoms with E-state index in [-0.39, 0.29) is 11.3 Å². The maximum atomic E-state index is 13.1. The predicted molar refractivity (Wildman–Crippen MR) is 89.7 cm³/mol. The van der Waals surface area contributed by atoms with Crippen molar-refractivity contribution in [1.82, 2.24) is 0 Å². The molecule has 1 N–H and O–H groups in total. The van der Waals surface area contributed by atoms with Gasteiger partial charge >= 0.3 is 6.18 Å². The Balaban J connectivity index is 2.29. The van der Waals surface area contributed by atoms with Crippen LogP contribution in [-0.4, -0.2) is 12.5 Å². The summed E-state index contributed by atoms with van der Waals surface area (Å²) in [5.41, 5.74) is -0.925. The summed E-state index contributed by atoms with van der Waals surface area (Å²) >= 11 is 1.79. The van der Waals surface area contributed by atoms with E-state index < -0.39 is 17.6 Å². The summed E-state index contributed by atoms with van der Waals surface area (Å²) in [4.78, 5) is 12.2. The lowest BCUT2D eigenvalue weighted by atomic mass is 10.1. The number of halogens is 4. The second-order valence-corrected chi connectivity index (χ2v) is 5.85. The Kier molecular flexibility index (Phi) is 5.51. The quantitative estimate of drug-likeness (QED) is 0.690. The van der Waals surface area contributed by atoms with Crippen LogP contribution < -0.4 is 10.1 Å². The monoisotopic (exact) mass is 435 g/mol. The average Bonchev–Trinajstić information content (AvgIpc) is 2.48. The molecule has 0 spiro atoms. The first-order valence-electron chi connectivity index (χ1n) is 6.72. The molecule has 0 saturated heterocycles. The van der Waals surface area contributed by atoms with Gasteiger partial charge in [-0.1, -0.05) is 6.07 Å². The summed E-state index contributed by atoms with van der Waals surface area (Å²) in [5.74, 6) is -0.142. The van der Waals surface area contributed by atoms with E-state index in [0.29, 0.717) is 15.9 Å². The highest BCUT2D eigenvalue weighted by Crippen LogP contribution is 2.36. The maximum Gasteiger partial charge on any atom is 0.418 e. The van der Waals surface area contributed by atoms with Gasteiger partial charge in [0.25, 0.3) is 5.91 Å². The fraction of sp³-hybridized carbons (Fsp3) is 0.188. The fourth-order valence-corrected chi connectivity index (χ4v) is 2.44. The number of amides is 1. The van der Waals surface area contributed by atoms with Crippen molar-refractivity contribution < 1.29 is 22.7 Å². The van der Waals surface area contributed by atoms with Crippen molar-refractivity contribution >= 4 is 34.2 Å². The van der Waals surface area contributed by atoms with Crippen LogP contribution in [0.25, 0.3) is 0 Å². The topological polar surface area (TPSA) is 38.3 Å². The van der Waals surface area contributed by atoms with Crippen molar-refractivity contribution in [3.63, 3.8) is 0 Å². The minimum absolute atomic E-state index is 0.225. The lowest BCUT2D eigenvalue weighted by Crippen LogP contribution is -2.17. The lowest BCUT2D eigenvalue weighted by Gasteiger charge is -2.14. The zero-order valence-corrected chi connectivity index (χ0v) is 14.2. The molecule has 1 amide bonds. The standard InChI is InChI=1S/C16H13F3INO2/c1-2-23-12-5-3-4-10(8-12)15(22)21-14-7-6-11(20)9-13(14)16(17,18)19/h3-9H,2H2,1H3,(H,21,22). The molecule has 0 fully saturated rings. The molecule has 0 aromatic heterocycles. The summed E-state index contributed by atoms with van der Waals surface area (Å²) in [6, 6.07) is 10.0. The molecular weight excluding hydrogens is 422 g/mol. The van der Waals surface area contributed by atoms with Crippen molar-refractivity contribution in [3.05, 3.63) is 57.2 Å². The zero-order valence-electron chi connectivity index (χ0n) is 12.1. The van der Waals surface area contributed by atoms with Gasteiger partial charge in [-0.25, -0.2) is 0 Å². The summed E-state index contributed by atoms with van der Waals surface area (Å²) in [6.07, 6.45) is -4.54. The summed E-state index contributed by atoms with van der Waals surface area (Å²) in [6.45, 7) is 2.23. The highest BCUT2D eigenvalue weighted by atomic mass is 127.